The number of carbonyl (C=O) groups is 4. The molecule has 1 unspecified atom stereocenters. The number of benzene rings is 2. The van der Waals surface area contributed by atoms with Crippen LogP contribution in [0.3, 0.4) is 0 Å². The van der Waals surface area contributed by atoms with Gasteiger partial charge in [-0.25, -0.2) is 9.59 Å². The summed E-state index contributed by atoms with van der Waals surface area (Å²) >= 11 is 2.07. The maximum absolute atomic E-state index is 13.8. The summed E-state index contributed by atoms with van der Waals surface area (Å²) < 4.78 is 34.7. The van der Waals surface area contributed by atoms with Crippen LogP contribution in [0.2, 0.25) is 0 Å². The number of nitrogens with one attached hydrogen (secondary N) is 2. The van der Waals surface area contributed by atoms with Gasteiger partial charge in [0.05, 0.1) is 36.1 Å². The third-order valence-corrected chi connectivity index (χ3v) is 9.45. The van der Waals surface area contributed by atoms with E-state index in [0.29, 0.717) is 31.7 Å². The van der Waals surface area contributed by atoms with Crippen molar-refractivity contribution in [3.63, 3.8) is 0 Å². The van der Waals surface area contributed by atoms with Crippen molar-refractivity contribution in [2.75, 3.05) is 28.4 Å². The zero-order valence-electron chi connectivity index (χ0n) is 30.9. The molecule has 0 aromatic heterocycles. The second kappa shape index (κ2) is 16.2. The Morgan fingerprint density at radius 2 is 1.48 bits per heavy atom. The molecule has 13 nitrogen and oxygen atoms in total. The molecule has 15 heteroatoms. The number of esters is 1. The first-order valence-corrected chi connectivity index (χ1v) is 17.2. The molecule has 0 bridgehead atoms. The van der Waals surface area contributed by atoms with E-state index < -0.39 is 65.9 Å². The Hall–Kier alpha value is -3.57. The van der Waals surface area contributed by atoms with E-state index in [2.05, 4.69) is 33.2 Å². The molecule has 2 aromatic rings. The minimum atomic E-state index is -1.16. The van der Waals surface area contributed by atoms with Crippen LogP contribution in [0.4, 0.5) is 4.79 Å². The fourth-order valence-corrected chi connectivity index (χ4v) is 5.89. The van der Waals surface area contributed by atoms with Gasteiger partial charge in [0.2, 0.25) is 11.8 Å². The minimum absolute atomic E-state index is 0.0594. The van der Waals surface area contributed by atoms with Gasteiger partial charge >= 0.3 is 19.2 Å². The summed E-state index contributed by atoms with van der Waals surface area (Å²) in [6.45, 7) is 14.4. The van der Waals surface area contributed by atoms with Gasteiger partial charge in [0, 0.05) is 18.9 Å². The van der Waals surface area contributed by atoms with Crippen LogP contribution in [0.15, 0.2) is 36.4 Å². The fourth-order valence-electron chi connectivity index (χ4n) is 5.13. The van der Waals surface area contributed by atoms with Gasteiger partial charge in [0.15, 0.2) is 0 Å². The molecule has 0 spiro atoms. The van der Waals surface area contributed by atoms with Crippen LogP contribution in [0.1, 0.15) is 72.6 Å². The quantitative estimate of drug-likeness (QED) is 0.184. The number of rotatable bonds is 12. The Kier molecular flexibility index (Phi) is 13.2. The molecule has 0 aliphatic carbocycles. The summed E-state index contributed by atoms with van der Waals surface area (Å²) in [7, 11) is 5.02. The van der Waals surface area contributed by atoms with Crippen LogP contribution in [-0.4, -0.2) is 93.2 Å². The summed E-state index contributed by atoms with van der Waals surface area (Å²) in [5.74, 6) is -0.829. The fraction of sp³-hybridized carbons (Fsp3) is 0.543. The first-order chi connectivity index (χ1) is 23.1. The zero-order chi connectivity index (χ0) is 37.8. The highest BCUT2D eigenvalue weighted by atomic mass is 127. The van der Waals surface area contributed by atoms with Crippen molar-refractivity contribution in [2.24, 2.45) is 0 Å². The molecule has 3 amide bonds. The predicted molar refractivity (Wildman–Crippen MR) is 196 cm³/mol. The number of hydrogen-bond donors (Lipinski definition) is 2. The van der Waals surface area contributed by atoms with Gasteiger partial charge in [-0.2, -0.15) is 0 Å². The monoisotopic (exact) mass is 809 g/mol. The van der Waals surface area contributed by atoms with Crippen LogP contribution < -0.4 is 25.6 Å². The zero-order valence-corrected chi connectivity index (χ0v) is 33.0. The number of amides is 3. The first-order valence-electron chi connectivity index (χ1n) is 16.1. The number of methoxy groups -OCH3 is 3. The molecule has 1 heterocycles. The molecule has 50 heavy (non-hydrogen) atoms. The van der Waals surface area contributed by atoms with Crippen molar-refractivity contribution in [2.45, 2.75) is 96.7 Å². The Morgan fingerprint density at radius 3 is 2.00 bits per heavy atom. The molecule has 3 rings (SSSR count). The van der Waals surface area contributed by atoms with E-state index in [1.807, 2.05) is 33.8 Å². The lowest BCUT2D eigenvalue weighted by Gasteiger charge is -2.32. The largest absolute Gasteiger partial charge is 0.498 e. The minimum Gasteiger partial charge on any atom is -0.497 e. The van der Waals surface area contributed by atoms with E-state index in [9.17, 15) is 19.2 Å². The highest BCUT2D eigenvalue weighted by Gasteiger charge is 2.52. The second-order valence-electron chi connectivity index (χ2n) is 14.1. The molecular formula is C35H49BIN3O10. The molecule has 0 radical (unpaired) electrons. The van der Waals surface area contributed by atoms with Crippen LogP contribution in [0, 0.1) is 3.57 Å². The number of carbonyl (C=O) groups excluding carboxylic acids is 4. The number of halogens is 1. The van der Waals surface area contributed by atoms with Gasteiger partial charge in [0.1, 0.15) is 35.2 Å². The van der Waals surface area contributed by atoms with Gasteiger partial charge in [0.25, 0.3) is 0 Å². The number of likely N-dealkylation sites (N-methyl/N-ethyl adjacent to an activating group) is 1. The number of nitrogens with zero attached hydrogens (tertiary/aromatic N) is 1. The molecule has 1 aliphatic rings. The van der Waals surface area contributed by atoms with E-state index in [-0.39, 0.29) is 6.42 Å². The van der Waals surface area contributed by atoms with E-state index in [0.717, 1.165) is 0 Å². The van der Waals surface area contributed by atoms with E-state index in [1.54, 1.807) is 58.2 Å². The van der Waals surface area contributed by atoms with Crippen molar-refractivity contribution in [1.29, 1.82) is 0 Å². The lowest BCUT2D eigenvalue weighted by molar-refractivity contribution is -0.145. The maximum Gasteiger partial charge on any atom is 0.498 e. The average Bonchev–Trinajstić information content (AvgIpc) is 3.25. The normalized spacial score (nSPS) is 16.8. The maximum atomic E-state index is 13.8. The third-order valence-electron chi connectivity index (χ3n) is 8.60. The smallest absolute Gasteiger partial charge is 0.497 e. The SMILES string of the molecule is COC(=O)[C@H](Cc1ccc(OC)c(B2OC(C)(C)C(C)(C)O2)c1)NC(=O)[C@H](C)NC(=O)C(c1ccc(OC)c(I)c1)N(C)C(=O)OC(C)(C)C. The summed E-state index contributed by atoms with van der Waals surface area (Å²) in [5.41, 5.74) is -0.212. The molecule has 2 aromatic carbocycles. The summed E-state index contributed by atoms with van der Waals surface area (Å²) in [6, 6.07) is 7.02. The average molecular weight is 810 g/mol. The highest BCUT2D eigenvalue weighted by Crippen LogP contribution is 2.37. The Balaban J connectivity index is 1.83. The van der Waals surface area contributed by atoms with Gasteiger partial charge < -0.3 is 38.9 Å². The molecular weight excluding hydrogens is 760 g/mol. The van der Waals surface area contributed by atoms with Gasteiger partial charge in [-0.3, -0.25) is 14.5 Å². The number of ether oxygens (including phenoxy) is 4. The van der Waals surface area contributed by atoms with Gasteiger partial charge in [-0.05, 0) is 107 Å². The van der Waals surface area contributed by atoms with Gasteiger partial charge in [-0.15, -0.1) is 0 Å². The standard InChI is InChI=1S/C35H49BIN3O10/c1-20(38-30(42)28(40(9)32(44)48-33(2,3)4)22-14-16-27(46-11)24(37)19-22)29(41)39-25(31(43)47-12)18-21-13-15-26(45-10)23(17-21)36-49-34(5,6)35(7,8)50-36/h13-17,19-20,25,28H,18H2,1-12H3,(H,38,42)(H,39,41)/t20-,25-,28?/m0/s1. The van der Waals surface area contributed by atoms with Crippen molar-refractivity contribution >= 4 is 59.0 Å². The molecule has 1 fully saturated rings. The van der Waals surface area contributed by atoms with Crippen molar-refractivity contribution in [3.8, 4) is 11.5 Å². The molecule has 2 N–H and O–H groups in total. The van der Waals surface area contributed by atoms with Crippen LogP contribution in [0.5, 0.6) is 11.5 Å². The van der Waals surface area contributed by atoms with Crippen molar-refractivity contribution in [3.05, 3.63) is 51.1 Å². The molecule has 0 saturated carbocycles. The summed E-state index contributed by atoms with van der Waals surface area (Å²) in [5, 5.41) is 5.40. The molecule has 274 valence electrons. The topological polar surface area (TPSA) is 151 Å². The van der Waals surface area contributed by atoms with E-state index in [1.165, 1.54) is 33.1 Å². The van der Waals surface area contributed by atoms with E-state index in [4.69, 9.17) is 28.3 Å². The highest BCUT2D eigenvalue weighted by molar-refractivity contribution is 14.1. The third kappa shape index (κ3) is 9.81. The second-order valence-corrected chi connectivity index (χ2v) is 15.2. The van der Waals surface area contributed by atoms with Crippen LogP contribution in [0.25, 0.3) is 0 Å². The Morgan fingerprint density at radius 1 is 0.900 bits per heavy atom. The van der Waals surface area contributed by atoms with Crippen LogP contribution in [-0.2, 0) is 39.6 Å². The first kappa shape index (κ1) is 40.9. The number of hydrogen-bond acceptors (Lipinski definition) is 10. The molecule has 1 saturated heterocycles. The predicted octanol–water partition coefficient (Wildman–Crippen LogP) is 3.92. The Bertz CT molecular complexity index is 1560. The van der Waals surface area contributed by atoms with Crippen molar-refractivity contribution in [1.82, 2.24) is 15.5 Å². The summed E-state index contributed by atoms with van der Waals surface area (Å²) in [4.78, 5) is 54.5. The summed E-state index contributed by atoms with van der Waals surface area (Å²) in [6.07, 6.45) is -0.671. The molecule has 1 aliphatic heterocycles. The molecule has 3 atom stereocenters. The lowest BCUT2D eigenvalue weighted by atomic mass is 9.77. The van der Waals surface area contributed by atoms with Crippen LogP contribution >= 0.6 is 22.6 Å². The van der Waals surface area contributed by atoms with Crippen molar-refractivity contribution < 1.29 is 47.4 Å². The lowest BCUT2D eigenvalue weighted by Crippen LogP contribution is -2.53. The van der Waals surface area contributed by atoms with Gasteiger partial charge in [-0.1, -0.05) is 18.2 Å². The van der Waals surface area contributed by atoms with E-state index >= 15 is 0 Å². The Labute approximate surface area is 308 Å².